The Kier molecular flexibility index (Phi) is 5.00. The van der Waals surface area contributed by atoms with Crippen LogP contribution in [0.15, 0.2) is 72.9 Å². The van der Waals surface area contributed by atoms with Crippen LogP contribution in [0.5, 0.6) is 0 Å². The summed E-state index contributed by atoms with van der Waals surface area (Å²) in [4.78, 5) is 28.8. The van der Waals surface area contributed by atoms with Crippen molar-refractivity contribution in [3.05, 3.63) is 95.2 Å². The maximum absolute atomic E-state index is 12.4. The topological polar surface area (TPSA) is 59.1 Å². The van der Waals surface area contributed by atoms with Crippen molar-refractivity contribution in [2.45, 2.75) is 13.3 Å². The molecule has 0 spiro atoms. The molecule has 0 bridgehead atoms. The molecule has 1 aromatic heterocycles. The Morgan fingerprint density at radius 3 is 2.44 bits per heavy atom. The Labute approximate surface area is 146 Å². The molecule has 0 saturated carbocycles. The van der Waals surface area contributed by atoms with Gasteiger partial charge in [0.15, 0.2) is 5.78 Å². The molecule has 25 heavy (non-hydrogen) atoms. The lowest BCUT2D eigenvalue weighted by molar-refractivity contribution is 0.0991. The van der Waals surface area contributed by atoms with E-state index in [-0.39, 0.29) is 18.1 Å². The van der Waals surface area contributed by atoms with E-state index in [1.54, 1.807) is 42.6 Å². The molecular formula is C21H18N2O2. The van der Waals surface area contributed by atoms with Crippen molar-refractivity contribution in [1.29, 1.82) is 0 Å². The van der Waals surface area contributed by atoms with Crippen LogP contribution in [0.4, 0.5) is 5.82 Å². The first-order valence-corrected chi connectivity index (χ1v) is 8.03. The van der Waals surface area contributed by atoms with E-state index in [4.69, 9.17) is 0 Å². The Morgan fingerprint density at radius 2 is 1.68 bits per heavy atom. The van der Waals surface area contributed by atoms with Gasteiger partial charge in [0.2, 0.25) is 0 Å². The van der Waals surface area contributed by atoms with E-state index in [2.05, 4.69) is 10.3 Å². The minimum atomic E-state index is -0.227. The van der Waals surface area contributed by atoms with E-state index in [1.807, 2.05) is 37.3 Å². The number of hydrogen-bond acceptors (Lipinski definition) is 3. The number of nitrogens with zero attached hydrogens (tertiary/aromatic N) is 1. The summed E-state index contributed by atoms with van der Waals surface area (Å²) in [5.41, 5.74) is 3.11. The second-order valence-electron chi connectivity index (χ2n) is 5.84. The molecule has 4 nitrogen and oxygen atoms in total. The fourth-order valence-electron chi connectivity index (χ4n) is 2.54. The number of carbonyl (C=O) groups is 2. The first kappa shape index (κ1) is 16.6. The summed E-state index contributed by atoms with van der Waals surface area (Å²) in [5.74, 6) is 0.244. The summed E-state index contributed by atoms with van der Waals surface area (Å²) in [6, 6.07) is 20.0. The lowest BCUT2D eigenvalue weighted by Crippen LogP contribution is -2.13. The zero-order valence-electron chi connectivity index (χ0n) is 13.9. The van der Waals surface area contributed by atoms with Crippen molar-refractivity contribution in [3.63, 3.8) is 0 Å². The number of aromatic nitrogens is 1. The normalized spacial score (nSPS) is 10.3. The highest BCUT2D eigenvalue weighted by atomic mass is 16.1. The molecule has 3 rings (SSSR count). The van der Waals surface area contributed by atoms with E-state index in [1.165, 1.54) is 0 Å². The van der Waals surface area contributed by atoms with E-state index < -0.39 is 0 Å². The number of amides is 1. The van der Waals surface area contributed by atoms with Gasteiger partial charge in [-0.05, 0) is 42.8 Å². The molecule has 2 aromatic carbocycles. The Morgan fingerprint density at radius 1 is 0.920 bits per heavy atom. The predicted octanol–water partition coefficient (Wildman–Crippen LogP) is 4.07. The summed E-state index contributed by atoms with van der Waals surface area (Å²) in [6.45, 7) is 1.96. The molecule has 0 radical (unpaired) electrons. The van der Waals surface area contributed by atoms with Crippen LogP contribution in [0, 0.1) is 6.92 Å². The van der Waals surface area contributed by atoms with Crippen LogP contribution in [0.3, 0.4) is 0 Å². The van der Waals surface area contributed by atoms with Crippen molar-refractivity contribution in [1.82, 2.24) is 4.98 Å². The standard InChI is InChI=1S/C21H18N2O2/c1-15-6-5-9-18(12-15)19(24)13-16-10-11-22-20(14-16)23-21(25)17-7-3-2-4-8-17/h2-12,14H,13H2,1H3,(H,22,23,25). The molecule has 124 valence electrons. The summed E-state index contributed by atoms with van der Waals surface area (Å²) in [6.07, 6.45) is 1.86. The smallest absolute Gasteiger partial charge is 0.256 e. The van der Waals surface area contributed by atoms with E-state index in [0.29, 0.717) is 16.9 Å². The number of carbonyl (C=O) groups excluding carboxylic acids is 2. The molecule has 4 heteroatoms. The number of ketones is 1. The minimum absolute atomic E-state index is 0.0373. The number of anilines is 1. The molecule has 1 amide bonds. The molecule has 0 saturated heterocycles. The van der Waals surface area contributed by atoms with Crippen molar-refractivity contribution < 1.29 is 9.59 Å². The Bertz CT molecular complexity index is 905. The monoisotopic (exact) mass is 330 g/mol. The third-order valence-corrected chi connectivity index (χ3v) is 3.81. The van der Waals surface area contributed by atoms with Gasteiger partial charge in [-0.2, -0.15) is 0 Å². The third kappa shape index (κ3) is 4.38. The van der Waals surface area contributed by atoms with Gasteiger partial charge in [-0.25, -0.2) is 4.98 Å². The number of nitrogens with one attached hydrogen (secondary N) is 1. The first-order valence-electron chi connectivity index (χ1n) is 8.03. The fraction of sp³-hybridized carbons (Fsp3) is 0.0952. The molecule has 0 fully saturated rings. The van der Waals surface area contributed by atoms with Crippen LogP contribution in [0.25, 0.3) is 0 Å². The third-order valence-electron chi connectivity index (χ3n) is 3.81. The molecule has 0 aliphatic carbocycles. The van der Waals surface area contributed by atoms with Crippen LogP contribution < -0.4 is 5.32 Å². The number of benzene rings is 2. The van der Waals surface area contributed by atoms with Crippen LogP contribution in [0.2, 0.25) is 0 Å². The largest absolute Gasteiger partial charge is 0.307 e. The van der Waals surface area contributed by atoms with Crippen LogP contribution >= 0.6 is 0 Å². The summed E-state index contributed by atoms with van der Waals surface area (Å²) in [7, 11) is 0. The Balaban J connectivity index is 1.71. The zero-order valence-corrected chi connectivity index (χ0v) is 13.9. The number of aryl methyl sites for hydroxylation is 1. The van der Waals surface area contributed by atoms with Crippen molar-refractivity contribution in [2.75, 3.05) is 5.32 Å². The zero-order chi connectivity index (χ0) is 17.6. The van der Waals surface area contributed by atoms with Crippen molar-refractivity contribution >= 4 is 17.5 Å². The highest BCUT2D eigenvalue weighted by Gasteiger charge is 2.10. The number of rotatable bonds is 5. The fourth-order valence-corrected chi connectivity index (χ4v) is 2.54. The highest BCUT2D eigenvalue weighted by molar-refractivity contribution is 6.03. The molecule has 0 aliphatic rings. The van der Waals surface area contributed by atoms with Gasteiger partial charge in [0, 0.05) is 23.7 Å². The molecule has 3 aromatic rings. The van der Waals surface area contributed by atoms with Gasteiger partial charge < -0.3 is 5.32 Å². The first-order chi connectivity index (χ1) is 12.1. The molecule has 0 atom stereocenters. The summed E-state index contributed by atoms with van der Waals surface area (Å²) < 4.78 is 0. The van der Waals surface area contributed by atoms with Gasteiger partial charge in [-0.3, -0.25) is 9.59 Å². The van der Waals surface area contributed by atoms with Gasteiger partial charge in [0.1, 0.15) is 5.82 Å². The van der Waals surface area contributed by atoms with Crippen LogP contribution in [-0.2, 0) is 6.42 Å². The Hall–Kier alpha value is -3.27. The molecule has 1 heterocycles. The second kappa shape index (κ2) is 7.53. The van der Waals surface area contributed by atoms with Crippen LogP contribution in [0.1, 0.15) is 31.8 Å². The lowest BCUT2D eigenvalue weighted by Gasteiger charge is -2.07. The highest BCUT2D eigenvalue weighted by Crippen LogP contribution is 2.13. The van der Waals surface area contributed by atoms with Gasteiger partial charge in [-0.15, -0.1) is 0 Å². The second-order valence-corrected chi connectivity index (χ2v) is 5.84. The number of Topliss-reactive ketones (excluding diaryl/α,β-unsaturated/α-hetero) is 1. The molecule has 1 N–H and O–H groups in total. The molecule has 0 unspecified atom stereocenters. The van der Waals surface area contributed by atoms with Gasteiger partial charge in [-0.1, -0.05) is 42.0 Å². The van der Waals surface area contributed by atoms with Crippen molar-refractivity contribution in [2.24, 2.45) is 0 Å². The SMILES string of the molecule is Cc1cccc(C(=O)Cc2ccnc(NC(=O)c3ccccc3)c2)c1. The predicted molar refractivity (Wildman–Crippen MR) is 97.8 cm³/mol. The lowest BCUT2D eigenvalue weighted by atomic mass is 10.0. The average Bonchev–Trinajstić information content (AvgIpc) is 2.63. The summed E-state index contributed by atoms with van der Waals surface area (Å²) >= 11 is 0. The average molecular weight is 330 g/mol. The molecule has 0 aliphatic heterocycles. The van der Waals surface area contributed by atoms with E-state index in [0.717, 1.165) is 11.1 Å². The van der Waals surface area contributed by atoms with Gasteiger partial charge in [0.05, 0.1) is 0 Å². The number of hydrogen-bond donors (Lipinski definition) is 1. The van der Waals surface area contributed by atoms with E-state index in [9.17, 15) is 9.59 Å². The van der Waals surface area contributed by atoms with Crippen LogP contribution in [-0.4, -0.2) is 16.7 Å². The quantitative estimate of drug-likeness (QED) is 0.718. The minimum Gasteiger partial charge on any atom is -0.307 e. The summed E-state index contributed by atoms with van der Waals surface area (Å²) in [5, 5.41) is 2.76. The maximum atomic E-state index is 12.4. The van der Waals surface area contributed by atoms with Gasteiger partial charge >= 0.3 is 0 Å². The molecular weight excluding hydrogens is 312 g/mol. The van der Waals surface area contributed by atoms with Gasteiger partial charge in [0.25, 0.3) is 5.91 Å². The number of pyridine rings is 1. The maximum Gasteiger partial charge on any atom is 0.256 e. The van der Waals surface area contributed by atoms with Crippen molar-refractivity contribution in [3.8, 4) is 0 Å². The van der Waals surface area contributed by atoms with E-state index >= 15 is 0 Å².